The molecule has 15 heavy (non-hydrogen) atoms. The Morgan fingerprint density at radius 2 is 2.47 bits per heavy atom. The van der Waals surface area contributed by atoms with Crippen LogP contribution in [0.5, 0.6) is 0 Å². The summed E-state index contributed by atoms with van der Waals surface area (Å²) in [6, 6.07) is 1.89. The second-order valence-electron chi connectivity index (χ2n) is 2.48. The second kappa shape index (κ2) is 5.18. The average Bonchev–Trinajstić information content (AvgIpc) is 2.59. The monoisotopic (exact) mass is 201 g/mol. The molecule has 3 N–H and O–H groups in total. The number of nitriles is 1. The summed E-state index contributed by atoms with van der Waals surface area (Å²) >= 11 is 0. The predicted octanol–water partition coefficient (Wildman–Crippen LogP) is 0.915. The smallest absolute Gasteiger partial charge is 0.164 e. The highest BCUT2D eigenvalue weighted by atomic mass is 15.2. The van der Waals surface area contributed by atoms with Crippen LogP contribution in [0.4, 0.5) is 5.82 Å². The number of nitrogens with two attached hydrogens (primary N) is 1. The quantitative estimate of drug-likeness (QED) is 0.242. The summed E-state index contributed by atoms with van der Waals surface area (Å²) in [6.07, 6.45) is 0.424. The van der Waals surface area contributed by atoms with Gasteiger partial charge in [0.25, 0.3) is 0 Å². The fourth-order valence-electron chi connectivity index (χ4n) is 0.861. The van der Waals surface area contributed by atoms with Gasteiger partial charge in [-0.25, -0.2) is 0 Å². The fraction of sp³-hybridized carbons (Fsp3) is 0.250. The van der Waals surface area contributed by atoms with Crippen molar-refractivity contribution in [3.63, 3.8) is 0 Å². The van der Waals surface area contributed by atoms with Crippen molar-refractivity contribution >= 4 is 5.82 Å². The van der Waals surface area contributed by atoms with Crippen LogP contribution in [0.2, 0.25) is 0 Å². The Labute approximate surface area is 85.5 Å². The molecule has 1 rings (SSSR count). The number of hydrogen-bond acceptors (Lipinski definition) is 4. The maximum absolute atomic E-state index is 8.70. The SMILES string of the molecule is N#Cc1c(N)n[nH]c1C#CCCN=[N+]=[N-]. The molecule has 0 atom stereocenters. The molecule has 0 aromatic carbocycles. The van der Waals surface area contributed by atoms with Crippen LogP contribution < -0.4 is 5.73 Å². The van der Waals surface area contributed by atoms with Crippen molar-refractivity contribution in [3.05, 3.63) is 21.7 Å². The highest BCUT2D eigenvalue weighted by Crippen LogP contribution is 2.09. The van der Waals surface area contributed by atoms with Crippen molar-refractivity contribution in [2.45, 2.75) is 6.42 Å². The molecule has 0 spiro atoms. The molecule has 7 heteroatoms. The van der Waals surface area contributed by atoms with Crippen LogP contribution in [-0.4, -0.2) is 16.7 Å². The van der Waals surface area contributed by atoms with E-state index in [-0.39, 0.29) is 11.4 Å². The second-order valence-corrected chi connectivity index (χ2v) is 2.48. The lowest BCUT2D eigenvalue weighted by Gasteiger charge is -1.83. The lowest BCUT2D eigenvalue weighted by Crippen LogP contribution is -1.87. The van der Waals surface area contributed by atoms with Gasteiger partial charge in [-0.15, -0.1) is 0 Å². The van der Waals surface area contributed by atoms with Gasteiger partial charge in [-0.3, -0.25) is 5.10 Å². The Bertz CT molecular complexity index is 489. The van der Waals surface area contributed by atoms with Crippen molar-refractivity contribution in [1.29, 1.82) is 5.26 Å². The van der Waals surface area contributed by atoms with Crippen molar-refractivity contribution in [1.82, 2.24) is 10.2 Å². The number of nitrogen functional groups attached to an aromatic ring is 1. The largest absolute Gasteiger partial charge is 0.381 e. The maximum atomic E-state index is 8.70. The van der Waals surface area contributed by atoms with E-state index in [2.05, 4.69) is 32.1 Å². The minimum Gasteiger partial charge on any atom is -0.381 e. The van der Waals surface area contributed by atoms with Crippen LogP contribution in [-0.2, 0) is 0 Å². The van der Waals surface area contributed by atoms with Crippen molar-refractivity contribution in [3.8, 4) is 17.9 Å². The summed E-state index contributed by atoms with van der Waals surface area (Å²) < 4.78 is 0. The van der Waals surface area contributed by atoms with E-state index in [1.165, 1.54) is 0 Å². The molecule has 0 bridgehead atoms. The Hall–Kier alpha value is -2.63. The van der Waals surface area contributed by atoms with E-state index in [1.807, 2.05) is 6.07 Å². The molecule has 7 nitrogen and oxygen atoms in total. The van der Waals surface area contributed by atoms with E-state index >= 15 is 0 Å². The van der Waals surface area contributed by atoms with Crippen molar-refractivity contribution in [2.24, 2.45) is 5.11 Å². The molecule has 1 aromatic rings. The molecule has 0 fully saturated rings. The van der Waals surface area contributed by atoms with E-state index in [0.717, 1.165) is 0 Å². The van der Waals surface area contributed by atoms with Gasteiger partial charge in [-0.2, -0.15) is 10.4 Å². The van der Waals surface area contributed by atoms with Gasteiger partial charge < -0.3 is 5.73 Å². The highest BCUT2D eigenvalue weighted by Gasteiger charge is 2.06. The first-order valence-corrected chi connectivity index (χ1v) is 4.03. The lowest BCUT2D eigenvalue weighted by molar-refractivity contribution is 1.01. The van der Waals surface area contributed by atoms with Crippen LogP contribution in [0.25, 0.3) is 10.4 Å². The van der Waals surface area contributed by atoms with Crippen molar-refractivity contribution in [2.75, 3.05) is 12.3 Å². The number of azide groups is 1. The Morgan fingerprint density at radius 1 is 1.67 bits per heavy atom. The predicted molar refractivity (Wildman–Crippen MR) is 53.2 cm³/mol. The number of nitrogens with one attached hydrogen (secondary N) is 1. The number of aromatic nitrogens is 2. The summed E-state index contributed by atoms with van der Waals surface area (Å²) in [5.41, 5.74) is 14.0. The lowest BCUT2D eigenvalue weighted by atomic mass is 10.2. The first-order valence-electron chi connectivity index (χ1n) is 4.03. The molecule has 0 radical (unpaired) electrons. The van der Waals surface area contributed by atoms with Gasteiger partial charge in [0.1, 0.15) is 17.3 Å². The van der Waals surface area contributed by atoms with E-state index in [0.29, 0.717) is 18.7 Å². The Kier molecular flexibility index (Phi) is 3.61. The molecule has 1 heterocycles. The molecule has 0 saturated heterocycles. The molecule has 0 amide bonds. The first-order chi connectivity index (χ1) is 7.29. The molecule has 0 unspecified atom stereocenters. The van der Waals surface area contributed by atoms with E-state index in [4.69, 9.17) is 16.5 Å². The zero-order valence-electron chi connectivity index (χ0n) is 7.73. The van der Waals surface area contributed by atoms with Crippen LogP contribution in [0, 0.1) is 23.2 Å². The van der Waals surface area contributed by atoms with Gasteiger partial charge in [0.05, 0.1) is 0 Å². The van der Waals surface area contributed by atoms with Gasteiger partial charge in [0.15, 0.2) is 5.82 Å². The van der Waals surface area contributed by atoms with Crippen LogP contribution in [0.1, 0.15) is 17.7 Å². The molecule has 1 aromatic heterocycles. The summed E-state index contributed by atoms with van der Waals surface area (Å²) in [6.45, 7) is 0.301. The van der Waals surface area contributed by atoms with Crippen molar-refractivity contribution < 1.29 is 0 Å². The first kappa shape index (κ1) is 10.5. The zero-order valence-corrected chi connectivity index (χ0v) is 7.73. The van der Waals surface area contributed by atoms with Gasteiger partial charge in [-0.1, -0.05) is 11.0 Å². The molecule has 74 valence electrons. The fourth-order valence-corrected chi connectivity index (χ4v) is 0.861. The van der Waals surface area contributed by atoms with Crippen LogP contribution >= 0.6 is 0 Å². The Morgan fingerprint density at radius 3 is 3.13 bits per heavy atom. The van der Waals surface area contributed by atoms with Gasteiger partial charge in [-0.05, 0) is 11.5 Å². The number of aromatic amines is 1. The van der Waals surface area contributed by atoms with Crippen LogP contribution in [0.15, 0.2) is 5.11 Å². The molecular weight excluding hydrogens is 194 g/mol. The summed E-state index contributed by atoms with van der Waals surface area (Å²) in [7, 11) is 0. The molecule has 0 aliphatic carbocycles. The standard InChI is InChI=1S/C8H7N7/c9-5-6-7(13-14-8(6)10)3-1-2-4-12-15-11/h2,4H2,(H3,10,13,14). The third-order valence-electron chi connectivity index (χ3n) is 1.52. The number of H-pyrrole nitrogens is 1. The third-order valence-corrected chi connectivity index (χ3v) is 1.52. The summed E-state index contributed by atoms with van der Waals surface area (Å²) in [5, 5.41) is 18.2. The van der Waals surface area contributed by atoms with E-state index in [9.17, 15) is 0 Å². The van der Waals surface area contributed by atoms with Crippen LogP contribution in [0.3, 0.4) is 0 Å². The average molecular weight is 201 g/mol. The van der Waals surface area contributed by atoms with Gasteiger partial charge >= 0.3 is 0 Å². The topological polar surface area (TPSA) is 127 Å². The van der Waals surface area contributed by atoms with E-state index < -0.39 is 0 Å². The molecular formula is C8H7N7. The maximum Gasteiger partial charge on any atom is 0.164 e. The third kappa shape index (κ3) is 2.66. The molecule has 0 saturated carbocycles. The molecule has 0 aliphatic heterocycles. The molecule has 0 aliphatic rings. The summed E-state index contributed by atoms with van der Waals surface area (Å²) in [4.78, 5) is 2.58. The van der Waals surface area contributed by atoms with Gasteiger partial charge in [0, 0.05) is 17.9 Å². The van der Waals surface area contributed by atoms with Gasteiger partial charge in [0.2, 0.25) is 0 Å². The van der Waals surface area contributed by atoms with E-state index in [1.54, 1.807) is 0 Å². The number of rotatable bonds is 2. The minimum absolute atomic E-state index is 0.136. The summed E-state index contributed by atoms with van der Waals surface area (Å²) in [5.74, 6) is 5.56. The Balaban J connectivity index is 2.72. The highest BCUT2D eigenvalue weighted by molar-refractivity contribution is 5.55. The zero-order chi connectivity index (χ0) is 11.1. The number of anilines is 1. The number of nitrogens with zero attached hydrogens (tertiary/aromatic N) is 5. The normalized spacial score (nSPS) is 8.20. The number of hydrogen-bond donors (Lipinski definition) is 2. The minimum atomic E-state index is 0.136.